The van der Waals surface area contributed by atoms with E-state index in [1.807, 2.05) is 13.8 Å². The first kappa shape index (κ1) is 15.0. The van der Waals surface area contributed by atoms with Crippen LogP contribution in [0.1, 0.15) is 13.8 Å². The van der Waals surface area contributed by atoms with Gasteiger partial charge in [-0.3, -0.25) is 0 Å². The minimum Gasteiger partial charge on any atom is -0.491 e. The van der Waals surface area contributed by atoms with E-state index in [0.29, 0.717) is 17.3 Å². The van der Waals surface area contributed by atoms with E-state index in [2.05, 4.69) is 11.4 Å². The molecule has 0 aliphatic heterocycles. The van der Waals surface area contributed by atoms with Crippen molar-refractivity contribution in [2.75, 3.05) is 19.7 Å². The van der Waals surface area contributed by atoms with E-state index in [1.165, 1.54) is 5.57 Å². The van der Waals surface area contributed by atoms with E-state index in [0.717, 1.165) is 6.54 Å². The highest BCUT2D eigenvalue weighted by Gasteiger charge is 2.04. The molecule has 0 amide bonds. The third kappa shape index (κ3) is 6.64. The molecule has 1 aromatic carbocycles. The second-order valence-corrected chi connectivity index (χ2v) is 4.79. The number of halogens is 1. The van der Waals surface area contributed by atoms with Gasteiger partial charge in [-0.15, -0.1) is 0 Å². The Morgan fingerprint density at radius 3 is 2.67 bits per heavy atom. The summed E-state index contributed by atoms with van der Waals surface area (Å²) in [5.74, 6) is 0.711. The van der Waals surface area contributed by atoms with Gasteiger partial charge in [0.15, 0.2) is 0 Å². The first-order chi connectivity index (χ1) is 8.58. The molecular weight excluding hydrogens is 250 g/mol. The molecule has 1 aromatic rings. The van der Waals surface area contributed by atoms with Gasteiger partial charge in [-0.05, 0) is 38.1 Å². The van der Waals surface area contributed by atoms with E-state index in [4.69, 9.17) is 16.3 Å². The van der Waals surface area contributed by atoms with Gasteiger partial charge in [0.25, 0.3) is 0 Å². The van der Waals surface area contributed by atoms with Crippen molar-refractivity contribution < 1.29 is 9.84 Å². The van der Waals surface area contributed by atoms with E-state index in [1.54, 1.807) is 24.3 Å². The molecule has 1 atom stereocenters. The Balaban J connectivity index is 2.18. The van der Waals surface area contributed by atoms with Gasteiger partial charge >= 0.3 is 0 Å². The number of aliphatic hydroxyl groups excluding tert-OH is 1. The van der Waals surface area contributed by atoms with Crippen molar-refractivity contribution in [3.05, 3.63) is 40.9 Å². The molecule has 0 saturated carbocycles. The number of allylic oxidation sites excluding steroid dienone is 1. The van der Waals surface area contributed by atoms with Crippen LogP contribution in [0.2, 0.25) is 5.02 Å². The van der Waals surface area contributed by atoms with Crippen LogP contribution in [0.15, 0.2) is 35.9 Å². The van der Waals surface area contributed by atoms with Crippen molar-refractivity contribution in [2.24, 2.45) is 0 Å². The fourth-order valence-corrected chi connectivity index (χ4v) is 1.43. The number of aliphatic hydroxyl groups is 1. The highest BCUT2D eigenvalue weighted by Crippen LogP contribution is 2.15. The second-order valence-electron chi connectivity index (χ2n) is 4.36. The van der Waals surface area contributed by atoms with Crippen molar-refractivity contribution in [3.8, 4) is 5.75 Å². The minimum atomic E-state index is -0.522. The maximum Gasteiger partial charge on any atom is 0.119 e. The first-order valence-corrected chi connectivity index (χ1v) is 6.36. The lowest BCUT2D eigenvalue weighted by Crippen LogP contribution is -2.31. The molecule has 2 N–H and O–H groups in total. The zero-order valence-corrected chi connectivity index (χ0v) is 11.6. The molecule has 1 unspecified atom stereocenters. The summed E-state index contributed by atoms with van der Waals surface area (Å²) in [6.07, 6.45) is 1.55. The Morgan fingerprint density at radius 1 is 1.39 bits per heavy atom. The van der Waals surface area contributed by atoms with Crippen LogP contribution in [0.3, 0.4) is 0 Å². The SMILES string of the molecule is CC(C)=CCNCC(O)COc1ccc(Cl)cc1. The molecule has 3 nitrogen and oxygen atoms in total. The Morgan fingerprint density at radius 2 is 2.06 bits per heavy atom. The van der Waals surface area contributed by atoms with Gasteiger partial charge in [0.2, 0.25) is 0 Å². The monoisotopic (exact) mass is 269 g/mol. The summed E-state index contributed by atoms with van der Waals surface area (Å²) in [7, 11) is 0. The van der Waals surface area contributed by atoms with Crippen LogP contribution in [0.25, 0.3) is 0 Å². The molecule has 0 fully saturated rings. The highest BCUT2D eigenvalue weighted by molar-refractivity contribution is 6.30. The largest absolute Gasteiger partial charge is 0.491 e. The molecule has 100 valence electrons. The predicted molar refractivity (Wildman–Crippen MR) is 75.3 cm³/mol. The molecule has 0 radical (unpaired) electrons. The minimum absolute atomic E-state index is 0.267. The van der Waals surface area contributed by atoms with Crippen LogP contribution < -0.4 is 10.1 Å². The lowest BCUT2D eigenvalue weighted by molar-refractivity contribution is 0.107. The third-order valence-electron chi connectivity index (χ3n) is 2.29. The second kappa shape index (κ2) is 8.14. The fraction of sp³-hybridized carbons (Fsp3) is 0.429. The zero-order valence-electron chi connectivity index (χ0n) is 10.8. The van der Waals surface area contributed by atoms with Crippen molar-refractivity contribution in [3.63, 3.8) is 0 Å². The van der Waals surface area contributed by atoms with Gasteiger partial charge in [-0.1, -0.05) is 23.3 Å². The quantitative estimate of drug-likeness (QED) is 0.591. The molecule has 0 bridgehead atoms. The topological polar surface area (TPSA) is 41.5 Å². The van der Waals surface area contributed by atoms with Crippen LogP contribution in [0, 0.1) is 0 Å². The molecule has 0 aliphatic carbocycles. The van der Waals surface area contributed by atoms with Gasteiger partial charge in [0.05, 0.1) is 0 Å². The van der Waals surface area contributed by atoms with E-state index < -0.39 is 6.10 Å². The van der Waals surface area contributed by atoms with Crippen LogP contribution in [-0.4, -0.2) is 30.9 Å². The zero-order chi connectivity index (χ0) is 13.4. The highest BCUT2D eigenvalue weighted by atomic mass is 35.5. The van der Waals surface area contributed by atoms with Gasteiger partial charge in [-0.25, -0.2) is 0 Å². The number of benzene rings is 1. The standard InChI is InChI=1S/C14H20ClNO2/c1-11(2)7-8-16-9-13(17)10-18-14-5-3-12(15)4-6-14/h3-7,13,16-17H,8-10H2,1-2H3. The molecule has 4 heteroatoms. The van der Waals surface area contributed by atoms with Gasteiger partial charge in [0.1, 0.15) is 18.5 Å². The predicted octanol–water partition coefficient (Wildman–Crippen LogP) is 2.64. The molecule has 0 aliphatic rings. The Kier molecular flexibility index (Phi) is 6.80. The van der Waals surface area contributed by atoms with Crippen LogP contribution in [0.4, 0.5) is 0 Å². The van der Waals surface area contributed by atoms with Crippen molar-refractivity contribution in [1.82, 2.24) is 5.32 Å². The fourth-order valence-electron chi connectivity index (χ4n) is 1.31. The summed E-state index contributed by atoms with van der Waals surface area (Å²) in [4.78, 5) is 0. The first-order valence-electron chi connectivity index (χ1n) is 5.98. The van der Waals surface area contributed by atoms with Gasteiger partial charge in [-0.2, -0.15) is 0 Å². The summed E-state index contributed by atoms with van der Waals surface area (Å²) in [5, 5.41) is 13.5. The average Bonchev–Trinajstić information content (AvgIpc) is 2.34. The number of hydrogen-bond donors (Lipinski definition) is 2. The summed E-state index contributed by atoms with van der Waals surface area (Å²) in [5.41, 5.74) is 1.26. The molecule has 0 spiro atoms. The van der Waals surface area contributed by atoms with Crippen molar-refractivity contribution >= 4 is 11.6 Å². The molecule has 18 heavy (non-hydrogen) atoms. The maximum absolute atomic E-state index is 9.70. The smallest absolute Gasteiger partial charge is 0.119 e. The Bertz CT molecular complexity index is 372. The van der Waals surface area contributed by atoms with E-state index in [9.17, 15) is 5.11 Å². The van der Waals surface area contributed by atoms with E-state index in [-0.39, 0.29) is 6.61 Å². The summed E-state index contributed by atoms with van der Waals surface area (Å²) in [6, 6.07) is 7.09. The molecule has 0 aromatic heterocycles. The molecule has 0 heterocycles. The number of rotatable bonds is 7. The third-order valence-corrected chi connectivity index (χ3v) is 2.54. The summed E-state index contributed by atoms with van der Waals surface area (Å²) >= 11 is 5.76. The van der Waals surface area contributed by atoms with Gasteiger partial charge in [0, 0.05) is 18.1 Å². The lowest BCUT2D eigenvalue weighted by Gasteiger charge is -2.12. The Hall–Kier alpha value is -1.03. The number of nitrogens with one attached hydrogen (secondary N) is 1. The van der Waals surface area contributed by atoms with Gasteiger partial charge < -0.3 is 15.2 Å². The van der Waals surface area contributed by atoms with Crippen LogP contribution in [-0.2, 0) is 0 Å². The van der Waals surface area contributed by atoms with Crippen molar-refractivity contribution in [1.29, 1.82) is 0 Å². The lowest BCUT2D eigenvalue weighted by atomic mass is 10.3. The molecule has 1 rings (SSSR count). The van der Waals surface area contributed by atoms with E-state index >= 15 is 0 Å². The maximum atomic E-state index is 9.70. The van der Waals surface area contributed by atoms with Crippen LogP contribution in [0.5, 0.6) is 5.75 Å². The van der Waals surface area contributed by atoms with Crippen LogP contribution >= 0.6 is 11.6 Å². The summed E-state index contributed by atoms with van der Waals surface area (Å²) < 4.78 is 5.44. The van der Waals surface area contributed by atoms with Crippen molar-refractivity contribution in [2.45, 2.75) is 20.0 Å². The number of hydrogen-bond acceptors (Lipinski definition) is 3. The number of ether oxygens (including phenoxy) is 1. The molecule has 0 saturated heterocycles. The Labute approximate surface area is 113 Å². The average molecular weight is 270 g/mol. The normalized spacial score (nSPS) is 12.0. The summed E-state index contributed by atoms with van der Waals surface area (Å²) in [6.45, 7) is 5.63. The molecular formula is C14H20ClNO2.